The van der Waals surface area contributed by atoms with Crippen LogP contribution in [0.3, 0.4) is 0 Å². The van der Waals surface area contributed by atoms with Gasteiger partial charge in [-0.3, -0.25) is 4.79 Å². The van der Waals surface area contributed by atoms with Gasteiger partial charge in [0.2, 0.25) is 0 Å². The minimum absolute atomic E-state index is 0.0142. The molecule has 0 bridgehead atoms. The summed E-state index contributed by atoms with van der Waals surface area (Å²) in [4.78, 5) is 14.5. The van der Waals surface area contributed by atoms with Crippen LogP contribution in [0.25, 0.3) is 0 Å². The van der Waals surface area contributed by atoms with E-state index in [1.54, 1.807) is 19.1 Å². The molecule has 0 atom stereocenters. The van der Waals surface area contributed by atoms with Crippen molar-refractivity contribution in [2.45, 2.75) is 17.5 Å². The summed E-state index contributed by atoms with van der Waals surface area (Å²) in [5.41, 5.74) is 3.01. The van der Waals surface area contributed by atoms with E-state index in [2.05, 4.69) is 12.1 Å². The fourth-order valence-corrected chi connectivity index (χ4v) is 5.90. The Kier molecular flexibility index (Phi) is 6.96. The molecule has 1 saturated heterocycles. The molecular weight excluding hydrogens is 378 g/mol. The highest BCUT2D eigenvalue weighted by Gasteiger charge is 2.18. The molecule has 0 spiro atoms. The lowest BCUT2D eigenvalue weighted by Gasteiger charge is -2.22. The number of methoxy groups -OCH3 is 2. The van der Waals surface area contributed by atoms with Crippen molar-refractivity contribution in [2.24, 2.45) is 0 Å². The SMILES string of the molecule is COc1ccc(CN(C)C(=O)c2ccc(C3SCCCS3)cc2)cc1OC. The van der Waals surface area contributed by atoms with Gasteiger partial charge in [-0.05, 0) is 53.3 Å². The number of rotatable bonds is 6. The Hall–Kier alpha value is -1.79. The number of amides is 1. The van der Waals surface area contributed by atoms with Gasteiger partial charge >= 0.3 is 0 Å². The molecule has 144 valence electrons. The van der Waals surface area contributed by atoms with Crippen molar-refractivity contribution in [1.29, 1.82) is 0 Å². The van der Waals surface area contributed by atoms with E-state index >= 15 is 0 Å². The first-order chi connectivity index (χ1) is 13.1. The van der Waals surface area contributed by atoms with Gasteiger partial charge in [-0.15, -0.1) is 23.5 Å². The molecule has 0 N–H and O–H groups in total. The summed E-state index contributed by atoms with van der Waals surface area (Å²) in [6.07, 6.45) is 1.28. The molecular formula is C21H25NO3S2. The molecule has 1 fully saturated rings. The van der Waals surface area contributed by atoms with Crippen molar-refractivity contribution < 1.29 is 14.3 Å². The van der Waals surface area contributed by atoms with Crippen LogP contribution < -0.4 is 9.47 Å². The van der Waals surface area contributed by atoms with Crippen LogP contribution in [0, 0.1) is 0 Å². The number of thioether (sulfide) groups is 2. The monoisotopic (exact) mass is 403 g/mol. The second-order valence-corrected chi connectivity index (χ2v) is 9.12. The third-order valence-corrected chi connectivity index (χ3v) is 7.49. The summed E-state index contributed by atoms with van der Waals surface area (Å²) in [6.45, 7) is 0.509. The van der Waals surface area contributed by atoms with Gasteiger partial charge in [-0.25, -0.2) is 0 Å². The molecule has 27 heavy (non-hydrogen) atoms. The van der Waals surface area contributed by atoms with Crippen molar-refractivity contribution >= 4 is 29.4 Å². The molecule has 6 heteroatoms. The predicted molar refractivity (Wildman–Crippen MR) is 114 cm³/mol. The van der Waals surface area contributed by atoms with E-state index in [9.17, 15) is 4.79 Å². The fraction of sp³-hybridized carbons (Fsp3) is 0.381. The van der Waals surface area contributed by atoms with Gasteiger partial charge < -0.3 is 14.4 Å². The summed E-state index contributed by atoms with van der Waals surface area (Å²) in [7, 11) is 5.04. The largest absolute Gasteiger partial charge is 0.493 e. The number of carbonyl (C=O) groups excluding carboxylic acids is 1. The maximum Gasteiger partial charge on any atom is 0.253 e. The van der Waals surface area contributed by atoms with Crippen LogP contribution >= 0.6 is 23.5 Å². The first-order valence-electron chi connectivity index (χ1n) is 8.92. The van der Waals surface area contributed by atoms with Crippen molar-refractivity contribution in [1.82, 2.24) is 4.90 Å². The van der Waals surface area contributed by atoms with Crippen LogP contribution in [0.5, 0.6) is 11.5 Å². The molecule has 2 aromatic carbocycles. The molecule has 1 amide bonds. The first-order valence-corrected chi connectivity index (χ1v) is 11.0. The molecule has 0 radical (unpaired) electrons. The zero-order valence-corrected chi connectivity index (χ0v) is 17.6. The maximum absolute atomic E-state index is 12.8. The highest BCUT2D eigenvalue weighted by atomic mass is 32.2. The lowest BCUT2D eigenvalue weighted by Crippen LogP contribution is -2.26. The first kappa shape index (κ1) is 20.0. The van der Waals surface area contributed by atoms with Gasteiger partial charge in [0.15, 0.2) is 11.5 Å². The van der Waals surface area contributed by atoms with E-state index in [0.717, 1.165) is 5.56 Å². The van der Waals surface area contributed by atoms with Gasteiger partial charge in [-0.1, -0.05) is 18.2 Å². The number of hydrogen-bond acceptors (Lipinski definition) is 5. The molecule has 0 unspecified atom stereocenters. The highest BCUT2D eigenvalue weighted by molar-refractivity contribution is 8.16. The second kappa shape index (κ2) is 9.42. The fourth-order valence-electron chi connectivity index (χ4n) is 3.01. The standard InChI is InChI=1S/C21H25NO3S2/c1-22(14-15-5-10-18(24-2)19(13-15)25-3)20(23)16-6-8-17(9-7-16)21-26-11-4-12-27-21/h5-10,13,21H,4,11-12,14H2,1-3H3. The van der Waals surface area contributed by atoms with Crippen molar-refractivity contribution in [3.05, 3.63) is 59.2 Å². The van der Waals surface area contributed by atoms with Gasteiger partial charge in [0, 0.05) is 19.2 Å². The third kappa shape index (κ3) is 4.93. The molecule has 0 saturated carbocycles. The second-order valence-electron chi connectivity index (χ2n) is 6.40. The summed E-state index contributed by atoms with van der Waals surface area (Å²) in [5.74, 6) is 3.80. The zero-order chi connectivity index (χ0) is 19.2. The topological polar surface area (TPSA) is 38.8 Å². The Morgan fingerprint density at radius 2 is 1.70 bits per heavy atom. The van der Waals surface area contributed by atoms with E-state index in [-0.39, 0.29) is 5.91 Å². The summed E-state index contributed by atoms with van der Waals surface area (Å²) >= 11 is 3.98. The number of benzene rings is 2. The van der Waals surface area contributed by atoms with E-state index in [0.29, 0.717) is 28.2 Å². The van der Waals surface area contributed by atoms with Crippen LogP contribution in [-0.2, 0) is 6.54 Å². The normalized spacial score (nSPS) is 14.6. The maximum atomic E-state index is 12.8. The van der Waals surface area contributed by atoms with Crippen LogP contribution in [0.4, 0.5) is 0 Å². The summed E-state index contributed by atoms with van der Waals surface area (Å²) < 4.78 is 11.1. The van der Waals surface area contributed by atoms with E-state index in [1.807, 2.05) is 60.9 Å². The van der Waals surface area contributed by atoms with Gasteiger partial charge in [0.1, 0.15) is 0 Å². The minimum atomic E-state index is 0.0142. The Balaban J connectivity index is 1.66. The lowest BCUT2D eigenvalue weighted by molar-refractivity contribution is 0.0785. The smallest absolute Gasteiger partial charge is 0.253 e. The Labute approximate surface area is 169 Å². The predicted octanol–water partition coefficient (Wildman–Crippen LogP) is 4.84. The average Bonchev–Trinajstić information content (AvgIpc) is 2.73. The molecule has 1 heterocycles. The van der Waals surface area contributed by atoms with E-state index < -0.39 is 0 Å². The van der Waals surface area contributed by atoms with E-state index in [1.165, 1.54) is 23.5 Å². The molecule has 1 aliphatic rings. The summed E-state index contributed by atoms with van der Waals surface area (Å²) in [5, 5.41) is 0. The van der Waals surface area contributed by atoms with Gasteiger partial charge in [-0.2, -0.15) is 0 Å². The average molecular weight is 404 g/mol. The van der Waals surface area contributed by atoms with E-state index in [4.69, 9.17) is 9.47 Å². The molecule has 1 aliphatic heterocycles. The molecule has 0 aliphatic carbocycles. The van der Waals surface area contributed by atoms with Crippen molar-refractivity contribution in [3.63, 3.8) is 0 Å². The highest BCUT2D eigenvalue weighted by Crippen LogP contribution is 2.43. The van der Waals surface area contributed by atoms with Crippen LogP contribution in [0.15, 0.2) is 42.5 Å². The number of nitrogens with zero attached hydrogens (tertiary/aromatic N) is 1. The molecule has 3 rings (SSSR count). The Morgan fingerprint density at radius 1 is 1.04 bits per heavy atom. The lowest BCUT2D eigenvalue weighted by atomic mass is 10.1. The Morgan fingerprint density at radius 3 is 2.33 bits per heavy atom. The molecule has 0 aromatic heterocycles. The number of hydrogen-bond donors (Lipinski definition) is 0. The minimum Gasteiger partial charge on any atom is -0.493 e. The van der Waals surface area contributed by atoms with Crippen molar-refractivity contribution in [2.75, 3.05) is 32.8 Å². The Bertz CT molecular complexity index is 773. The van der Waals surface area contributed by atoms with Crippen molar-refractivity contribution in [3.8, 4) is 11.5 Å². The number of ether oxygens (including phenoxy) is 2. The van der Waals surface area contributed by atoms with Crippen LogP contribution in [-0.4, -0.2) is 43.6 Å². The van der Waals surface area contributed by atoms with Crippen LogP contribution in [0.1, 0.15) is 32.5 Å². The third-order valence-electron chi connectivity index (χ3n) is 4.47. The molecule has 2 aromatic rings. The van der Waals surface area contributed by atoms with Gasteiger partial charge in [0.05, 0.1) is 18.8 Å². The zero-order valence-electron chi connectivity index (χ0n) is 15.9. The number of carbonyl (C=O) groups is 1. The molecule has 4 nitrogen and oxygen atoms in total. The summed E-state index contributed by atoms with van der Waals surface area (Å²) in [6, 6.07) is 13.8. The van der Waals surface area contributed by atoms with Gasteiger partial charge in [0.25, 0.3) is 5.91 Å². The van der Waals surface area contributed by atoms with Crippen LogP contribution in [0.2, 0.25) is 0 Å². The quantitative estimate of drug-likeness (QED) is 0.690.